The van der Waals surface area contributed by atoms with Crippen LogP contribution < -0.4 is 0 Å². The number of hydrogen-bond acceptors (Lipinski definition) is 6. The van der Waals surface area contributed by atoms with Crippen molar-refractivity contribution in [3.63, 3.8) is 0 Å². The minimum Gasteiger partial charge on any atom is -0.462 e. The summed E-state index contributed by atoms with van der Waals surface area (Å²) < 4.78 is 16.9. The van der Waals surface area contributed by atoms with Crippen LogP contribution in [0.15, 0.2) is 109 Å². The van der Waals surface area contributed by atoms with Crippen molar-refractivity contribution < 1.29 is 28.6 Å². The summed E-state index contributed by atoms with van der Waals surface area (Å²) in [5.41, 5.74) is 0. The Bertz CT molecular complexity index is 1570. The molecule has 0 saturated heterocycles. The molecule has 0 aliphatic rings. The second kappa shape index (κ2) is 65.6. The van der Waals surface area contributed by atoms with Crippen LogP contribution in [-0.2, 0) is 28.6 Å². The van der Waals surface area contributed by atoms with E-state index in [0.717, 1.165) is 122 Å². The highest BCUT2D eigenvalue weighted by molar-refractivity contribution is 5.71. The van der Waals surface area contributed by atoms with Gasteiger partial charge in [-0.1, -0.05) is 271 Å². The van der Waals surface area contributed by atoms with E-state index in [2.05, 4.69) is 130 Å². The zero-order chi connectivity index (χ0) is 56.4. The van der Waals surface area contributed by atoms with Gasteiger partial charge in [-0.15, -0.1) is 0 Å². The number of carbonyl (C=O) groups excluding carboxylic acids is 3. The summed E-state index contributed by atoms with van der Waals surface area (Å²) in [6.45, 7) is 6.49. The quantitative estimate of drug-likeness (QED) is 0.0261. The van der Waals surface area contributed by atoms with Crippen LogP contribution in [0, 0.1) is 0 Å². The molecule has 0 aromatic rings. The third-order valence-electron chi connectivity index (χ3n) is 14.0. The van der Waals surface area contributed by atoms with E-state index in [-0.39, 0.29) is 31.1 Å². The Morgan fingerprint density at radius 1 is 0.269 bits per heavy atom. The Hall–Kier alpha value is -3.93. The summed E-state index contributed by atoms with van der Waals surface area (Å²) in [5, 5.41) is 0. The van der Waals surface area contributed by atoms with E-state index in [1.807, 2.05) is 0 Å². The number of esters is 3. The highest BCUT2D eigenvalue weighted by Gasteiger charge is 2.19. The van der Waals surface area contributed by atoms with E-state index < -0.39 is 6.10 Å². The summed E-state index contributed by atoms with van der Waals surface area (Å²) in [4.78, 5) is 38.4. The van der Waals surface area contributed by atoms with Crippen LogP contribution in [0.3, 0.4) is 0 Å². The molecule has 0 amide bonds. The maximum atomic E-state index is 12.9. The van der Waals surface area contributed by atoms with Gasteiger partial charge in [0.1, 0.15) is 13.2 Å². The molecule has 6 heteroatoms. The SMILES string of the molecule is CC/C=C\C/C=C\C/C=C\C/C=C\C/C=C\CCCCCCCCCCCCCC(=O)OCC(COC(=O)CCCCCCC/C=C\CCCCCCC)OC(=O)CCCCCCCC/C=C\C/C=C\C/C=C\CCCCC. The van der Waals surface area contributed by atoms with Crippen LogP contribution in [0.5, 0.6) is 0 Å². The molecule has 0 bridgehead atoms. The van der Waals surface area contributed by atoms with Crippen LogP contribution in [0.4, 0.5) is 0 Å². The highest BCUT2D eigenvalue weighted by Crippen LogP contribution is 2.16. The van der Waals surface area contributed by atoms with E-state index in [9.17, 15) is 14.4 Å². The number of carbonyl (C=O) groups is 3. The molecule has 1 atom stereocenters. The number of hydrogen-bond donors (Lipinski definition) is 0. The fourth-order valence-corrected chi connectivity index (χ4v) is 9.06. The zero-order valence-electron chi connectivity index (χ0n) is 51.2. The van der Waals surface area contributed by atoms with Crippen LogP contribution in [0.2, 0.25) is 0 Å². The first-order valence-electron chi connectivity index (χ1n) is 32.9. The van der Waals surface area contributed by atoms with Crippen LogP contribution in [-0.4, -0.2) is 37.2 Å². The third-order valence-corrected chi connectivity index (χ3v) is 14.0. The highest BCUT2D eigenvalue weighted by atomic mass is 16.6. The molecule has 0 heterocycles. The monoisotopic (exact) mass is 1080 g/mol. The molecule has 0 fully saturated rings. The molecule has 0 aliphatic heterocycles. The lowest BCUT2D eigenvalue weighted by atomic mass is 10.0. The van der Waals surface area contributed by atoms with E-state index in [0.29, 0.717) is 19.3 Å². The van der Waals surface area contributed by atoms with Crippen molar-refractivity contribution in [2.75, 3.05) is 13.2 Å². The van der Waals surface area contributed by atoms with Gasteiger partial charge in [0, 0.05) is 19.3 Å². The Morgan fingerprint density at radius 2 is 0.500 bits per heavy atom. The van der Waals surface area contributed by atoms with Gasteiger partial charge in [0.2, 0.25) is 0 Å². The molecular formula is C72H122O6. The first-order chi connectivity index (χ1) is 38.5. The lowest BCUT2D eigenvalue weighted by Crippen LogP contribution is -2.30. The molecular weight excluding hydrogens is 961 g/mol. The van der Waals surface area contributed by atoms with Gasteiger partial charge in [-0.3, -0.25) is 14.4 Å². The van der Waals surface area contributed by atoms with Crippen molar-refractivity contribution in [2.45, 2.75) is 316 Å². The molecule has 0 saturated carbocycles. The normalized spacial score (nSPS) is 12.8. The maximum Gasteiger partial charge on any atom is 0.306 e. The second-order valence-electron chi connectivity index (χ2n) is 21.6. The van der Waals surface area contributed by atoms with Crippen molar-refractivity contribution >= 4 is 17.9 Å². The molecule has 446 valence electrons. The smallest absolute Gasteiger partial charge is 0.306 e. The second-order valence-corrected chi connectivity index (χ2v) is 21.6. The van der Waals surface area contributed by atoms with Crippen LogP contribution in [0.25, 0.3) is 0 Å². The van der Waals surface area contributed by atoms with Gasteiger partial charge < -0.3 is 14.2 Å². The van der Waals surface area contributed by atoms with Gasteiger partial charge >= 0.3 is 17.9 Å². The van der Waals surface area contributed by atoms with Gasteiger partial charge in [-0.25, -0.2) is 0 Å². The molecule has 0 N–H and O–H groups in total. The summed E-state index contributed by atoms with van der Waals surface area (Å²) >= 11 is 0. The Kier molecular flexibility index (Phi) is 62.3. The third kappa shape index (κ3) is 62.9. The standard InChI is InChI=1S/C72H122O6/c1-4-7-10-13-16-19-22-25-28-30-32-33-34-35-36-37-38-39-41-42-44-47-50-53-56-59-62-65-71(74)77-68-69(67-76-70(73)64-61-58-55-52-49-46-27-24-21-18-15-12-9-6-3)78-72(75)66-63-60-57-54-51-48-45-43-40-31-29-26-23-20-17-14-11-8-5-2/h7,10,16-17,19-20,24-29,32-33,35-36,40,43,69H,4-6,8-9,11-15,18,21-23,30-31,34,37-39,41-42,44-68H2,1-3H3/b10-7-,19-16-,20-17-,27-24-,28-25-,29-26-,33-32-,36-35-,43-40-. The molecule has 0 radical (unpaired) electrons. The van der Waals surface area contributed by atoms with Crippen LogP contribution >= 0.6 is 0 Å². The lowest BCUT2D eigenvalue weighted by Gasteiger charge is -2.18. The van der Waals surface area contributed by atoms with Crippen molar-refractivity contribution in [3.8, 4) is 0 Å². The fraction of sp³-hybridized carbons (Fsp3) is 0.708. The zero-order valence-corrected chi connectivity index (χ0v) is 51.2. The van der Waals surface area contributed by atoms with Gasteiger partial charge in [0.15, 0.2) is 6.10 Å². The van der Waals surface area contributed by atoms with Gasteiger partial charge in [0.05, 0.1) is 0 Å². The number of ether oxygens (including phenoxy) is 3. The Labute approximate surface area is 482 Å². The average Bonchev–Trinajstić information content (AvgIpc) is 3.44. The van der Waals surface area contributed by atoms with Crippen molar-refractivity contribution in [3.05, 3.63) is 109 Å². The summed E-state index contributed by atoms with van der Waals surface area (Å²) in [6, 6.07) is 0. The van der Waals surface area contributed by atoms with Crippen molar-refractivity contribution in [1.82, 2.24) is 0 Å². The Morgan fingerprint density at radius 3 is 0.821 bits per heavy atom. The molecule has 78 heavy (non-hydrogen) atoms. The number of unbranched alkanes of at least 4 members (excludes halogenated alkanes) is 30. The average molecular weight is 1080 g/mol. The molecule has 0 aromatic heterocycles. The molecule has 0 aromatic carbocycles. The maximum absolute atomic E-state index is 12.9. The van der Waals surface area contributed by atoms with E-state index in [4.69, 9.17) is 14.2 Å². The van der Waals surface area contributed by atoms with Gasteiger partial charge in [0.25, 0.3) is 0 Å². The summed E-state index contributed by atoms with van der Waals surface area (Å²) in [6.07, 6.45) is 89.5. The van der Waals surface area contributed by atoms with E-state index in [1.54, 1.807) is 0 Å². The molecule has 6 nitrogen and oxygen atoms in total. The topological polar surface area (TPSA) is 78.9 Å². The predicted molar refractivity (Wildman–Crippen MR) is 339 cm³/mol. The van der Waals surface area contributed by atoms with Crippen molar-refractivity contribution in [2.24, 2.45) is 0 Å². The van der Waals surface area contributed by atoms with Crippen molar-refractivity contribution in [1.29, 1.82) is 0 Å². The van der Waals surface area contributed by atoms with Gasteiger partial charge in [-0.2, -0.15) is 0 Å². The molecule has 0 rings (SSSR count). The largest absolute Gasteiger partial charge is 0.462 e. The minimum atomic E-state index is -0.792. The Balaban J connectivity index is 4.35. The molecule has 1 unspecified atom stereocenters. The van der Waals surface area contributed by atoms with E-state index >= 15 is 0 Å². The fourth-order valence-electron chi connectivity index (χ4n) is 9.06. The van der Waals surface area contributed by atoms with E-state index in [1.165, 1.54) is 148 Å². The first-order valence-corrected chi connectivity index (χ1v) is 32.9. The number of rotatable bonds is 59. The first kappa shape index (κ1) is 74.1. The summed E-state index contributed by atoms with van der Waals surface area (Å²) in [7, 11) is 0. The lowest BCUT2D eigenvalue weighted by molar-refractivity contribution is -0.167. The summed E-state index contributed by atoms with van der Waals surface area (Å²) in [5.74, 6) is -0.903. The predicted octanol–water partition coefficient (Wildman–Crippen LogP) is 22.6. The van der Waals surface area contributed by atoms with Crippen LogP contribution in [0.1, 0.15) is 310 Å². The molecule has 0 spiro atoms. The van der Waals surface area contributed by atoms with Gasteiger partial charge in [-0.05, 0) is 128 Å². The minimum absolute atomic E-state index is 0.0875. The molecule has 0 aliphatic carbocycles. The number of allylic oxidation sites excluding steroid dienone is 18.